The van der Waals surface area contributed by atoms with Gasteiger partial charge in [0.25, 0.3) is 0 Å². The van der Waals surface area contributed by atoms with Crippen molar-refractivity contribution in [1.82, 2.24) is 0 Å². The minimum Gasteiger partial charge on any atom is -0.497 e. The third-order valence-corrected chi connectivity index (χ3v) is 4.62. The van der Waals surface area contributed by atoms with E-state index in [0.717, 1.165) is 42.7 Å². The first-order chi connectivity index (χ1) is 9.68. The van der Waals surface area contributed by atoms with E-state index in [0.29, 0.717) is 6.42 Å². The molecule has 2 unspecified atom stereocenters. The fourth-order valence-electron chi connectivity index (χ4n) is 3.57. The van der Waals surface area contributed by atoms with Gasteiger partial charge in [-0.15, -0.1) is 0 Å². The highest BCUT2D eigenvalue weighted by atomic mass is 16.6. The number of fused-ring (bicyclic) bond motifs is 1. The molecule has 0 radical (unpaired) electrons. The van der Waals surface area contributed by atoms with Gasteiger partial charge in [0, 0.05) is 19.1 Å². The van der Waals surface area contributed by atoms with Crippen molar-refractivity contribution in [2.75, 3.05) is 14.2 Å². The fourth-order valence-corrected chi connectivity index (χ4v) is 3.57. The largest absolute Gasteiger partial charge is 0.497 e. The molecule has 0 saturated heterocycles. The van der Waals surface area contributed by atoms with Crippen molar-refractivity contribution in [2.45, 2.75) is 49.9 Å². The Hall–Kier alpha value is -1.26. The average molecular weight is 278 g/mol. The molecule has 1 heterocycles. The Balaban J connectivity index is 1.95. The van der Waals surface area contributed by atoms with Crippen molar-refractivity contribution in [3.05, 3.63) is 23.8 Å². The molecule has 4 nitrogen and oxygen atoms in total. The summed E-state index contributed by atoms with van der Waals surface area (Å²) in [6.07, 6.45) is 4.34. The second-order valence-corrected chi connectivity index (χ2v) is 5.76. The summed E-state index contributed by atoms with van der Waals surface area (Å²) in [7, 11) is 3.36. The number of benzene rings is 1. The Kier molecular flexibility index (Phi) is 3.61. The molecular weight excluding hydrogens is 256 g/mol. The summed E-state index contributed by atoms with van der Waals surface area (Å²) in [6, 6.07) is 5.62. The number of aliphatic hydroxyl groups excluding tert-OH is 1. The van der Waals surface area contributed by atoms with Crippen molar-refractivity contribution in [2.24, 2.45) is 0 Å². The number of hydrogen-bond donors (Lipinski definition) is 1. The standard InChI is InChI=1S/C16H22O4/c1-18-11-6-7-14-12(9-11)13(17)10-16(20-14)8-4-3-5-15(16)19-2/h6-7,9,13,15,17H,3-5,8,10H2,1-2H3/t13-,15?,16?/m0/s1. The van der Waals surface area contributed by atoms with Crippen LogP contribution in [-0.2, 0) is 4.74 Å². The van der Waals surface area contributed by atoms with Gasteiger partial charge in [0.15, 0.2) is 0 Å². The SMILES string of the molecule is COc1ccc2c(c1)[C@@H](O)CC1(CCCCC1OC)O2. The van der Waals surface area contributed by atoms with Gasteiger partial charge in [0.1, 0.15) is 17.1 Å². The highest BCUT2D eigenvalue weighted by Crippen LogP contribution is 2.47. The molecule has 20 heavy (non-hydrogen) atoms. The van der Waals surface area contributed by atoms with E-state index in [-0.39, 0.29) is 11.7 Å². The summed E-state index contributed by atoms with van der Waals surface area (Å²) in [4.78, 5) is 0. The smallest absolute Gasteiger partial charge is 0.138 e. The van der Waals surface area contributed by atoms with E-state index in [1.54, 1.807) is 14.2 Å². The molecule has 1 aliphatic heterocycles. The van der Waals surface area contributed by atoms with E-state index in [1.165, 1.54) is 0 Å². The van der Waals surface area contributed by atoms with Gasteiger partial charge in [0.05, 0.1) is 19.3 Å². The van der Waals surface area contributed by atoms with Gasteiger partial charge in [-0.1, -0.05) is 6.42 Å². The predicted octanol–water partition coefficient (Wildman–Crippen LogP) is 2.84. The van der Waals surface area contributed by atoms with Crippen LogP contribution in [0.5, 0.6) is 11.5 Å². The third kappa shape index (κ3) is 2.17. The van der Waals surface area contributed by atoms with Crippen molar-refractivity contribution < 1.29 is 19.3 Å². The van der Waals surface area contributed by atoms with Crippen LogP contribution in [0, 0.1) is 0 Å². The molecule has 3 rings (SSSR count). The number of hydrogen-bond acceptors (Lipinski definition) is 4. The van der Waals surface area contributed by atoms with Crippen LogP contribution in [0.3, 0.4) is 0 Å². The molecule has 1 aromatic rings. The lowest BCUT2D eigenvalue weighted by Gasteiger charge is -2.47. The van der Waals surface area contributed by atoms with Gasteiger partial charge in [-0.3, -0.25) is 0 Å². The zero-order valence-corrected chi connectivity index (χ0v) is 12.1. The topological polar surface area (TPSA) is 47.9 Å². The normalized spacial score (nSPS) is 32.5. The van der Waals surface area contributed by atoms with E-state index in [2.05, 4.69) is 0 Å². The molecular formula is C16H22O4. The minimum absolute atomic E-state index is 0.0566. The van der Waals surface area contributed by atoms with Crippen molar-refractivity contribution in [3.63, 3.8) is 0 Å². The van der Waals surface area contributed by atoms with E-state index >= 15 is 0 Å². The van der Waals surface area contributed by atoms with Crippen LogP contribution in [-0.4, -0.2) is 31.0 Å². The van der Waals surface area contributed by atoms with Crippen LogP contribution < -0.4 is 9.47 Å². The van der Waals surface area contributed by atoms with Crippen LogP contribution in [0.4, 0.5) is 0 Å². The molecule has 4 heteroatoms. The van der Waals surface area contributed by atoms with E-state index < -0.39 is 6.10 Å². The second kappa shape index (κ2) is 5.26. The van der Waals surface area contributed by atoms with E-state index in [1.807, 2.05) is 18.2 Å². The maximum Gasteiger partial charge on any atom is 0.138 e. The number of ether oxygens (including phenoxy) is 3. The summed E-state index contributed by atoms with van der Waals surface area (Å²) < 4.78 is 17.1. The lowest BCUT2D eigenvalue weighted by atomic mass is 9.75. The minimum atomic E-state index is -0.524. The molecule has 1 fully saturated rings. The van der Waals surface area contributed by atoms with Crippen molar-refractivity contribution >= 4 is 0 Å². The van der Waals surface area contributed by atoms with Gasteiger partial charge < -0.3 is 19.3 Å². The Morgan fingerprint density at radius 2 is 2.15 bits per heavy atom. The lowest BCUT2D eigenvalue weighted by Crippen LogP contribution is -2.53. The van der Waals surface area contributed by atoms with Crippen LogP contribution in [0.15, 0.2) is 18.2 Å². The van der Waals surface area contributed by atoms with Crippen molar-refractivity contribution in [1.29, 1.82) is 0 Å². The average Bonchev–Trinajstić information content (AvgIpc) is 2.47. The Morgan fingerprint density at radius 3 is 2.90 bits per heavy atom. The molecule has 2 aliphatic rings. The van der Waals surface area contributed by atoms with Gasteiger partial charge in [-0.25, -0.2) is 0 Å². The summed E-state index contributed by atoms with van der Waals surface area (Å²) in [5.74, 6) is 1.50. The van der Waals surface area contributed by atoms with E-state index in [9.17, 15) is 5.11 Å². The maximum atomic E-state index is 10.5. The summed E-state index contributed by atoms with van der Waals surface area (Å²) in [5, 5.41) is 10.5. The van der Waals surface area contributed by atoms with Gasteiger partial charge in [0.2, 0.25) is 0 Å². The summed E-state index contributed by atoms with van der Waals surface area (Å²) in [6.45, 7) is 0. The molecule has 1 aromatic carbocycles. The first kappa shape index (κ1) is 13.7. The van der Waals surface area contributed by atoms with Crippen LogP contribution in [0.25, 0.3) is 0 Å². The molecule has 1 spiro atoms. The molecule has 1 aliphatic carbocycles. The zero-order chi connectivity index (χ0) is 14.2. The monoisotopic (exact) mass is 278 g/mol. The molecule has 1 N–H and O–H groups in total. The van der Waals surface area contributed by atoms with Crippen LogP contribution >= 0.6 is 0 Å². The zero-order valence-electron chi connectivity index (χ0n) is 12.1. The number of aliphatic hydroxyl groups is 1. The Labute approximate surface area is 119 Å². The Morgan fingerprint density at radius 1 is 1.30 bits per heavy atom. The highest BCUT2D eigenvalue weighted by Gasteiger charge is 2.48. The van der Waals surface area contributed by atoms with Crippen molar-refractivity contribution in [3.8, 4) is 11.5 Å². The van der Waals surface area contributed by atoms with Gasteiger partial charge >= 0.3 is 0 Å². The van der Waals surface area contributed by atoms with Crippen LogP contribution in [0.2, 0.25) is 0 Å². The molecule has 3 atom stereocenters. The molecule has 0 bridgehead atoms. The van der Waals surface area contributed by atoms with E-state index in [4.69, 9.17) is 14.2 Å². The number of rotatable bonds is 2. The second-order valence-electron chi connectivity index (χ2n) is 5.76. The first-order valence-electron chi connectivity index (χ1n) is 7.26. The molecule has 110 valence electrons. The third-order valence-electron chi connectivity index (χ3n) is 4.62. The first-order valence-corrected chi connectivity index (χ1v) is 7.26. The maximum absolute atomic E-state index is 10.5. The lowest BCUT2D eigenvalue weighted by molar-refractivity contribution is -0.130. The summed E-state index contributed by atoms with van der Waals surface area (Å²) >= 11 is 0. The number of methoxy groups -OCH3 is 2. The molecule has 0 amide bonds. The van der Waals surface area contributed by atoms with Crippen LogP contribution in [0.1, 0.15) is 43.8 Å². The summed E-state index contributed by atoms with van der Waals surface area (Å²) in [5.41, 5.74) is 0.434. The molecule has 1 saturated carbocycles. The fraction of sp³-hybridized carbons (Fsp3) is 0.625. The highest BCUT2D eigenvalue weighted by molar-refractivity contribution is 5.44. The molecule has 0 aromatic heterocycles. The Bertz CT molecular complexity index is 487. The van der Waals surface area contributed by atoms with Gasteiger partial charge in [-0.2, -0.15) is 0 Å². The quantitative estimate of drug-likeness (QED) is 0.903. The predicted molar refractivity (Wildman–Crippen MR) is 75.2 cm³/mol. The van der Waals surface area contributed by atoms with Gasteiger partial charge in [-0.05, 0) is 37.5 Å².